The normalized spacial score (nSPS) is 17.5. The summed E-state index contributed by atoms with van der Waals surface area (Å²) in [4.78, 5) is 11.7. The lowest BCUT2D eigenvalue weighted by Crippen LogP contribution is -2.48. The van der Waals surface area contributed by atoms with Gasteiger partial charge < -0.3 is 9.88 Å². The highest BCUT2D eigenvalue weighted by Crippen LogP contribution is 2.18. The van der Waals surface area contributed by atoms with E-state index in [0.29, 0.717) is 13.1 Å². The number of H-pyrrole nitrogens is 1. The fraction of sp³-hybridized carbons (Fsp3) is 0.462. The van der Waals surface area contributed by atoms with Gasteiger partial charge in [-0.3, -0.25) is 4.90 Å². The van der Waals surface area contributed by atoms with Crippen LogP contribution in [0.25, 0.3) is 11.0 Å². The molecule has 0 radical (unpaired) electrons. The molecule has 4 nitrogen and oxygen atoms in total. The molecule has 0 amide bonds. The first-order chi connectivity index (χ1) is 9.22. The summed E-state index contributed by atoms with van der Waals surface area (Å²) >= 11 is 0. The van der Waals surface area contributed by atoms with Crippen LogP contribution in [0.15, 0.2) is 24.3 Å². The fourth-order valence-electron chi connectivity index (χ4n) is 2.43. The first-order valence-electron chi connectivity index (χ1n) is 6.42. The van der Waals surface area contributed by atoms with Gasteiger partial charge in [0.25, 0.3) is 6.43 Å². The van der Waals surface area contributed by atoms with Gasteiger partial charge in [-0.15, -0.1) is 0 Å². The van der Waals surface area contributed by atoms with Crippen molar-refractivity contribution in [2.75, 3.05) is 37.6 Å². The molecule has 0 spiro atoms. The summed E-state index contributed by atoms with van der Waals surface area (Å²) in [5.41, 5.74) is 1.94. The topological polar surface area (TPSA) is 35.2 Å². The van der Waals surface area contributed by atoms with E-state index < -0.39 is 6.43 Å². The summed E-state index contributed by atoms with van der Waals surface area (Å²) in [6.45, 7) is 2.63. The third kappa shape index (κ3) is 2.68. The standard InChI is InChI=1S/C13H16F2N4/c14-12(15)9-18-5-7-19(8-6-18)13-16-10-3-1-2-4-11(10)17-13/h1-4,12H,5-9H2,(H,16,17). The van der Waals surface area contributed by atoms with Crippen LogP contribution in [-0.4, -0.2) is 54.0 Å². The van der Waals surface area contributed by atoms with Crippen molar-refractivity contribution in [1.29, 1.82) is 0 Å². The van der Waals surface area contributed by atoms with Crippen molar-refractivity contribution in [2.24, 2.45) is 0 Å². The Morgan fingerprint density at radius 3 is 2.58 bits per heavy atom. The SMILES string of the molecule is FC(F)CN1CCN(c2nc3ccccc3[nH]2)CC1. The van der Waals surface area contributed by atoms with Gasteiger partial charge in [-0.1, -0.05) is 12.1 Å². The average molecular weight is 266 g/mol. The van der Waals surface area contributed by atoms with Gasteiger partial charge in [0.05, 0.1) is 17.6 Å². The molecular weight excluding hydrogens is 250 g/mol. The molecule has 2 aromatic rings. The lowest BCUT2D eigenvalue weighted by molar-refractivity contribution is 0.0853. The Morgan fingerprint density at radius 2 is 1.89 bits per heavy atom. The Labute approximate surface area is 110 Å². The van der Waals surface area contributed by atoms with Crippen molar-refractivity contribution in [3.63, 3.8) is 0 Å². The number of para-hydroxylation sites is 2. The van der Waals surface area contributed by atoms with E-state index in [1.54, 1.807) is 4.90 Å². The molecule has 1 aromatic heterocycles. The van der Waals surface area contributed by atoms with Gasteiger partial charge in [-0.2, -0.15) is 0 Å². The number of hydrogen-bond donors (Lipinski definition) is 1. The monoisotopic (exact) mass is 266 g/mol. The molecule has 1 aromatic carbocycles. The predicted molar refractivity (Wildman–Crippen MR) is 70.8 cm³/mol. The highest BCUT2D eigenvalue weighted by Gasteiger charge is 2.21. The summed E-state index contributed by atoms with van der Waals surface area (Å²) < 4.78 is 24.6. The lowest BCUT2D eigenvalue weighted by atomic mass is 10.3. The maximum absolute atomic E-state index is 12.3. The van der Waals surface area contributed by atoms with Crippen LogP contribution in [-0.2, 0) is 0 Å². The molecule has 0 aliphatic carbocycles. The molecule has 0 saturated carbocycles. The molecule has 2 heterocycles. The number of fused-ring (bicyclic) bond motifs is 1. The van der Waals surface area contributed by atoms with E-state index >= 15 is 0 Å². The van der Waals surface area contributed by atoms with E-state index in [4.69, 9.17) is 0 Å². The van der Waals surface area contributed by atoms with Crippen molar-refractivity contribution in [3.8, 4) is 0 Å². The number of nitrogens with one attached hydrogen (secondary N) is 1. The van der Waals surface area contributed by atoms with Crippen LogP contribution in [0, 0.1) is 0 Å². The van der Waals surface area contributed by atoms with Crippen molar-refractivity contribution in [1.82, 2.24) is 14.9 Å². The van der Waals surface area contributed by atoms with E-state index in [9.17, 15) is 8.78 Å². The maximum Gasteiger partial charge on any atom is 0.251 e. The van der Waals surface area contributed by atoms with Gasteiger partial charge in [-0.25, -0.2) is 13.8 Å². The largest absolute Gasteiger partial charge is 0.340 e. The number of rotatable bonds is 3. The average Bonchev–Trinajstić information content (AvgIpc) is 2.82. The van der Waals surface area contributed by atoms with Crippen LogP contribution >= 0.6 is 0 Å². The molecular formula is C13H16F2N4. The Balaban J connectivity index is 1.68. The molecule has 1 saturated heterocycles. The number of anilines is 1. The number of alkyl halides is 2. The van der Waals surface area contributed by atoms with Crippen LogP contribution in [0.1, 0.15) is 0 Å². The van der Waals surface area contributed by atoms with Crippen LogP contribution in [0.5, 0.6) is 0 Å². The highest BCUT2D eigenvalue weighted by atomic mass is 19.3. The second-order valence-electron chi connectivity index (χ2n) is 4.76. The van der Waals surface area contributed by atoms with E-state index in [-0.39, 0.29) is 6.54 Å². The number of nitrogens with zero attached hydrogens (tertiary/aromatic N) is 3. The predicted octanol–water partition coefficient (Wildman–Crippen LogP) is 1.95. The minimum absolute atomic E-state index is 0.131. The second kappa shape index (κ2) is 5.13. The molecule has 0 atom stereocenters. The molecule has 0 unspecified atom stereocenters. The van der Waals surface area contributed by atoms with Gasteiger partial charge >= 0.3 is 0 Å². The van der Waals surface area contributed by atoms with E-state index in [1.807, 2.05) is 24.3 Å². The summed E-state index contributed by atoms with van der Waals surface area (Å²) in [5.74, 6) is 0.831. The highest BCUT2D eigenvalue weighted by molar-refractivity contribution is 5.77. The van der Waals surface area contributed by atoms with Crippen LogP contribution in [0.3, 0.4) is 0 Å². The Kier molecular flexibility index (Phi) is 3.33. The van der Waals surface area contributed by atoms with Crippen molar-refractivity contribution in [2.45, 2.75) is 6.43 Å². The third-order valence-electron chi connectivity index (χ3n) is 3.44. The molecule has 1 aliphatic heterocycles. The van der Waals surface area contributed by atoms with Crippen molar-refractivity contribution >= 4 is 17.0 Å². The number of aromatic nitrogens is 2. The molecule has 1 fully saturated rings. The zero-order valence-corrected chi connectivity index (χ0v) is 10.5. The molecule has 3 rings (SSSR count). The first-order valence-corrected chi connectivity index (χ1v) is 6.42. The minimum Gasteiger partial charge on any atom is -0.340 e. The molecule has 19 heavy (non-hydrogen) atoms. The summed E-state index contributed by atoms with van der Waals surface area (Å²) in [6, 6.07) is 7.86. The van der Waals surface area contributed by atoms with Crippen LogP contribution < -0.4 is 4.90 Å². The van der Waals surface area contributed by atoms with Crippen LogP contribution in [0.4, 0.5) is 14.7 Å². The third-order valence-corrected chi connectivity index (χ3v) is 3.44. The molecule has 1 N–H and O–H groups in total. The first kappa shape index (κ1) is 12.3. The zero-order chi connectivity index (χ0) is 13.2. The Morgan fingerprint density at radius 1 is 1.16 bits per heavy atom. The Hall–Kier alpha value is -1.69. The summed E-state index contributed by atoms with van der Waals surface area (Å²) in [7, 11) is 0. The van der Waals surface area contributed by atoms with E-state index in [0.717, 1.165) is 30.1 Å². The summed E-state index contributed by atoms with van der Waals surface area (Å²) in [6.07, 6.45) is -2.25. The number of hydrogen-bond acceptors (Lipinski definition) is 3. The number of aromatic amines is 1. The summed E-state index contributed by atoms with van der Waals surface area (Å²) in [5, 5.41) is 0. The lowest BCUT2D eigenvalue weighted by Gasteiger charge is -2.34. The van der Waals surface area contributed by atoms with Crippen LogP contribution in [0.2, 0.25) is 0 Å². The van der Waals surface area contributed by atoms with E-state index in [1.165, 1.54) is 0 Å². The Bertz CT molecular complexity index is 513. The molecule has 1 aliphatic rings. The van der Waals surface area contributed by atoms with Gasteiger partial charge in [-0.05, 0) is 12.1 Å². The van der Waals surface area contributed by atoms with E-state index in [2.05, 4.69) is 14.9 Å². The fourth-order valence-corrected chi connectivity index (χ4v) is 2.43. The quantitative estimate of drug-likeness (QED) is 0.922. The number of halogens is 2. The van der Waals surface area contributed by atoms with Crippen molar-refractivity contribution < 1.29 is 8.78 Å². The minimum atomic E-state index is -2.25. The second-order valence-corrected chi connectivity index (χ2v) is 4.76. The molecule has 102 valence electrons. The van der Waals surface area contributed by atoms with Gasteiger partial charge in [0.15, 0.2) is 0 Å². The van der Waals surface area contributed by atoms with Gasteiger partial charge in [0.2, 0.25) is 5.95 Å². The zero-order valence-electron chi connectivity index (χ0n) is 10.5. The van der Waals surface area contributed by atoms with Gasteiger partial charge in [0, 0.05) is 26.2 Å². The van der Waals surface area contributed by atoms with Crippen molar-refractivity contribution in [3.05, 3.63) is 24.3 Å². The molecule has 6 heteroatoms. The molecule has 0 bridgehead atoms. The smallest absolute Gasteiger partial charge is 0.251 e. The number of imidazole rings is 1. The number of benzene rings is 1. The number of piperazine rings is 1. The maximum atomic E-state index is 12.3. The van der Waals surface area contributed by atoms with Gasteiger partial charge in [0.1, 0.15) is 0 Å².